The second kappa shape index (κ2) is 15.4. The first-order valence-corrected chi connectivity index (χ1v) is 10.2. The lowest BCUT2D eigenvalue weighted by Crippen LogP contribution is -2.38. The molecular formula is C21H36IN3O5. The van der Waals surface area contributed by atoms with E-state index in [-0.39, 0.29) is 24.0 Å². The minimum Gasteiger partial charge on any atom is -0.493 e. The van der Waals surface area contributed by atoms with Crippen LogP contribution < -0.4 is 24.8 Å². The molecule has 0 atom stereocenters. The Balaban J connectivity index is 0.00000450. The highest BCUT2D eigenvalue weighted by Gasteiger charge is 2.14. The van der Waals surface area contributed by atoms with E-state index >= 15 is 0 Å². The maximum absolute atomic E-state index is 5.91. The first kappa shape index (κ1) is 26.6. The first-order valence-electron chi connectivity index (χ1n) is 10.2. The highest BCUT2D eigenvalue weighted by Crippen LogP contribution is 2.38. The average Bonchev–Trinajstić information content (AvgIpc) is 2.76. The lowest BCUT2D eigenvalue weighted by molar-refractivity contribution is -0.0320. The van der Waals surface area contributed by atoms with Crippen molar-refractivity contribution in [1.29, 1.82) is 0 Å². The second-order valence-corrected chi connectivity index (χ2v) is 6.69. The molecule has 172 valence electrons. The SMILES string of the molecule is CCNC(=NCc1cc(OC)c(OC)c(OC)c1)NCCCOC1CCOCC1.I. The van der Waals surface area contributed by atoms with Gasteiger partial charge in [0, 0.05) is 32.9 Å². The predicted octanol–water partition coefficient (Wildman–Crippen LogP) is 2.97. The topological polar surface area (TPSA) is 82.6 Å². The van der Waals surface area contributed by atoms with Gasteiger partial charge in [0.2, 0.25) is 5.75 Å². The van der Waals surface area contributed by atoms with Crippen molar-refractivity contribution in [2.45, 2.75) is 38.8 Å². The number of methoxy groups -OCH3 is 3. The molecule has 2 rings (SSSR count). The molecule has 2 N–H and O–H groups in total. The van der Waals surface area contributed by atoms with Gasteiger partial charge >= 0.3 is 0 Å². The van der Waals surface area contributed by atoms with E-state index in [1.807, 2.05) is 19.1 Å². The largest absolute Gasteiger partial charge is 0.493 e. The van der Waals surface area contributed by atoms with Gasteiger partial charge in [-0.15, -0.1) is 24.0 Å². The normalized spacial score (nSPS) is 14.6. The number of nitrogens with zero attached hydrogens (tertiary/aromatic N) is 1. The van der Waals surface area contributed by atoms with Crippen LogP contribution in [0.15, 0.2) is 17.1 Å². The number of guanidine groups is 1. The molecule has 1 aromatic carbocycles. The summed E-state index contributed by atoms with van der Waals surface area (Å²) in [4.78, 5) is 4.66. The van der Waals surface area contributed by atoms with Crippen molar-refractivity contribution in [3.63, 3.8) is 0 Å². The molecule has 0 bridgehead atoms. The second-order valence-electron chi connectivity index (χ2n) is 6.69. The Kier molecular flexibility index (Phi) is 13.6. The molecule has 0 aliphatic carbocycles. The Morgan fingerprint density at radius 3 is 2.30 bits per heavy atom. The Morgan fingerprint density at radius 1 is 1.07 bits per heavy atom. The summed E-state index contributed by atoms with van der Waals surface area (Å²) < 4.78 is 27.4. The van der Waals surface area contributed by atoms with Gasteiger partial charge in [0.15, 0.2) is 17.5 Å². The van der Waals surface area contributed by atoms with Crippen molar-refractivity contribution >= 4 is 29.9 Å². The fourth-order valence-electron chi connectivity index (χ4n) is 3.11. The molecule has 0 amide bonds. The van der Waals surface area contributed by atoms with E-state index in [9.17, 15) is 0 Å². The summed E-state index contributed by atoms with van der Waals surface area (Å²) in [5.74, 6) is 2.60. The molecule has 0 spiro atoms. The molecule has 1 aliphatic rings. The van der Waals surface area contributed by atoms with Gasteiger partial charge in [0.05, 0.1) is 34.0 Å². The van der Waals surface area contributed by atoms with Crippen molar-refractivity contribution < 1.29 is 23.7 Å². The molecule has 1 heterocycles. The van der Waals surface area contributed by atoms with Gasteiger partial charge in [-0.25, -0.2) is 4.99 Å². The number of halogens is 1. The zero-order valence-electron chi connectivity index (χ0n) is 18.5. The molecule has 0 aromatic heterocycles. The average molecular weight is 537 g/mol. The fourth-order valence-corrected chi connectivity index (χ4v) is 3.11. The predicted molar refractivity (Wildman–Crippen MR) is 129 cm³/mol. The summed E-state index contributed by atoms with van der Waals surface area (Å²) >= 11 is 0. The molecule has 0 radical (unpaired) electrons. The third kappa shape index (κ3) is 8.73. The van der Waals surface area contributed by atoms with Crippen LogP contribution in [-0.2, 0) is 16.0 Å². The van der Waals surface area contributed by atoms with Crippen molar-refractivity contribution in [3.05, 3.63) is 17.7 Å². The van der Waals surface area contributed by atoms with Crippen LogP contribution in [0.2, 0.25) is 0 Å². The van der Waals surface area contributed by atoms with Crippen LogP contribution in [0.5, 0.6) is 17.2 Å². The third-order valence-electron chi connectivity index (χ3n) is 4.62. The van der Waals surface area contributed by atoms with E-state index in [4.69, 9.17) is 23.7 Å². The Labute approximate surface area is 197 Å². The summed E-state index contributed by atoms with van der Waals surface area (Å²) in [6, 6.07) is 3.83. The number of hydrogen-bond acceptors (Lipinski definition) is 6. The molecule has 1 fully saturated rings. The van der Waals surface area contributed by atoms with Gasteiger partial charge in [-0.2, -0.15) is 0 Å². The van der Waals surface area contributed by atoms with Gasteiger partial charge in [0.1, 0.15) is 0 Å². The van der Waals surface area contributed by atoms with Crippen molar-refractivity contribution in [1.82, 2.24) is 10.6 Å². The van der Waals surface area contributed by atoms with Crippen LogP contribution in [0.25, 0.3) is 0 Å². The molecule has 1 aromatic rings. The van der Waals surface area contributed by atoms with Crippen molar-refractivity contribution in [2.75, 3.05) is 54.2 Å². The number of hydrogen-bond donors (Lipinski definition) is 2. The van der Waals surface area contributed by atoms with E-state index < -0.39 is 0 Å². The fraction of sp³-hybridized carbons (Fsp3) is 0.667. The molecule has 0 unspecified atom stereocenters. The first-order chi connectivity index (χ1) is 14.2. The van der Waals surface area contributed by atoms with Crippen LogP contribution >= 0.6 is 24.0 Å². The number of aliphatic imine (C=N–C) groups is 1. The van der Waals surface area contributed by atoms with Gasteiger partial charge in [0.25, 0.3) is 0 Å². The summed E-state index contributed by atoms with van der Waals surface area (Å²) in [6.07, 6.45) is 3.25. The van der Waals surface area contributed by atoms with Gasteiger partial charge < -0.3 is 34.3 Å². The zero-order chi connectivity index (χ0) is 20.9. The summed E-state index contributed by atoms with van der Waals surface area (Å²) in [5.41, 5.74) is 0.972. The highest BCUT2D eigenvalue weighted by molar-refractivity contribution is 14.0. The molecule has 9 heteroatoms. The van der Waals surface area contributed by atoms with E-state index in [0.29, 0.717) is 29.9 Å². The van der Waals surface area contributed by atoms with Crippen molar-refractivity contribution in [2.24, 2.45) is 4.99 Å². The summed E-state index contributed by atoms with van der Waals surface area (Å²) in [6.45, 7) is 6.48. The van der Waals surface area contributed by atoms with Crippen LogP contribution in [0.4, 0.5) is 0 Å². The Bertz CT molecular complexity index is 614. The monoisotopic (exact) mass is 537 g/mol. The molecule has 1 aliphatic heterocycles. The molecule has 1 saturated heterocycles. The quantitative estimate of drug-likeness (QED) is 0.195. The molecule has 0 saturated carbocycles. The maximum Gasteiger partial charge on any atom is 0.203 e. The van der Waals surface area contributed by atoms with Crippen LogP contribution in [-0.4, -0.2) is 66.3 Å². The van der Waals surface area contributed by atoms with E-state index in [2.05, 4.69) is 15.6 Å². The smallest absolute Gasteiger partial charge is 0.203 e. The number of ether oxygens (including phenoxy) is 5. The molecular weight excluding hydrogens is 501 g/mol. The van der Waals surface area contributed by atoms with Gasteiger partial charge in [-0.1, -0.05) is 0 Å². The van der Waals surface area contributed by atoms with E-state index in [0.717, 1.165) is 63.7 Å². The number of nitrogens with one attached hydrogen (secondary N) is 2. The lowest BCUT2D eigenvalue weighted by atomic mass is 10.1. The molecule has 30 heavy (non-hydrogen) atoms. The Hall–Kier alpha value is -1.46. The van der Waals surface area contributed by atoms with Crippen LogP contribution in [0.1, 0.15) is 31.7 Å². The highest BCUT2D eigenvalue weighted by atomic mass is 127. The van der Waals surface area contributed by atoms with Crippen molar-refractivity contribution in [3.8, 4) is 17.2 Å². The summed E-state index contributed by atoms with van der Waals surface area (Å²) in [7, 11) is 4.81. The van der Waals surface area contributed by atoms with Crippen LogP contribution in [0.3, 0.4) is 0 Å². The lowest BCUT2D eigenvalue weighted by Gasteiger charge is -2.22. The molecule has 8 nitrogen and oxygen atoms in total. The van der Waals surface area contributed by atoms with E-state index in [1.54, 1.807) is 21.3 Å². The Morgan fingerprint density at radius 2 is 1.73 bits per heavy atom. The summed E-state index contributed by atoms with van der Waals surface area (Å²) in [5, 5.41) is 6.62. The minimum atomic E-state index is 0. The third-order valence-corrected chi connectivity index (χ3v) is 4.62. The zero-order valence-corrected chi connectivity index (χ0v) is 20.8. The van der Waals surface area contributed by atoms with Gasteiger partial charge in [-0.3, -0.25) is 0 Å². The maximum atomic E-state index is 5.91. The number of rotatable bonds is 11. The van der Waals surface area contributed by atoms with Crippen LogP contribution in [0, 0.1) is 0 Å². The van der Waals surface area contributed by atoms with Gasteiger partial charge in [-0.05, 0) is 43.9 Å². The standard InChI is InChI=1S/C21H35N3O5.HI/c1-5-22-21(23-9-6-10-29-17-7-11-28-12-8-17)24-15-16-13-18(25-2)20(27-4)19(14-16)26-3;/h13-14,17H,5-12,15H2,1-4H3,(H2,22,23,24);1H. The van der Waals surface area contributed by atoms with E-state index in [1.165, 1.54) is 0 Å². The minimum absolute atomic E-state index is 0. The number of benzene rings is 1.